The SMILES string of the molecule is CCN(CC)C(=O)N1CCC(NC(=O)CCCOc2c(C)cccc2C)CC1. The van der Waals surface area contributed by atoms with Crippen LogP contribution in [0, 0.1) is 13.8 Å². The molecule has 28 heavy (non-hydrogen) atoms. The van der Waals surface area contributed by atoms with E-state index in [0.717, 1.165) is 42.8 Å². The lowest BCUT2D eigenvalue weighted by Gasteiger charge is -2.35. The van der Waals surface area contributed by atoms with Crippen molar-refractivity contribution >= 4 is 11.9 Å². The Bertz CT molecular complexity index is 630. The molecule has 6 heteroatoms. The second-order valence-electron chi connectivity index (χ2n) is 7.46. The average Bonchev–Trinajstić information content (AvgIpc) is 2.68. The monoisotopic (exact) mass is 389 g/mol. The van der Waals surface area contributed by atoms with Gasteiger partial charge >= 0.3 is 6.03 Å². The number of hydrogen-bond donors (Lipinski definition) is 1. The summed E-state index contributed by atoms with van der Waals surface area (Å²) < 4.78 is 5.86. The largest absolute Gasteiger partial charge is 0.493 e. The molecule has 0 bridgehead atoms. The first-order valence-corrected chi connectivity index (χ1v) is 10.5. The summed E-state index contributed by atoms with van der Waals surface area (Å²) in [6, 6.07) is 6.36. The van der Waals surface area contributed by atoms with Gasteiger partial charge in [0.1, 0.15) is 5.75 Å². The number of carbonyl (C=O) groups is 2. The van der Waals surface area contributed by atoms with E-state index in [9.17, 15) is 9.59 Å². The molecule has 0 aliphatic carbocycles. The lowest BCUT2D eigenvalue weighted by molar-refractivity contribution is -0.122. The van der Waals surface area contributed by atoms with Gasteiger partial charge in [0, 0.05) is 38.6 Å². The summed E-state index contributed by atoms with van der Waals surface area (Å²) in [7, 11) is 0. The molecule has 6 nitrogen and oxygen atoms in total. The van der Waals surface area contributed by atoms with Crippen LogP contribution in [-0.2, 0) is 4.79 Å². The Morgan fingerprint density at radius 2 is 1.75 bits per heavy atom. The molecule has 2 rings (SSSR count). The number of urea groups is 1. The first-order chi connectivity index (χ1) is 13.5. The second-order valence-corrected chi connectivity index (χ2v) is 7.46. The van der Waals surface area contributed by atoms with Gasteiger partial charge < -0.3 is 19.9 Å². The van der Waals surface area contributed by atoms with Crippen LogP contribution in [0.25, 0.3) is 0 Å². The van der Waals surface area contributed by atoms with E-state index < -0.39 is 0 Å². The highest BCUT2D eigenvalue weighted by Gasteiger charge is 2.25. The lowest BCUT2D eigenvalue weighted by atomic mass is 10.0. The molecule has 0 unspecified atom stereocenters. The molecule has 156 valence electrons. The van der Waals surface area contributed by atoms with Crippen molar-refractivity contribution in [2.24, 2.45) is 0 Å². The summed E-state index contributed by atoms with van der Waals surface area (Å²) in [6.07, 6.45) is 2.79. The van der Waals surface area contributed by atoms with Crippen LogP contribution in [0.15, 0.2) is 18.2 Å². The number of hydrogen-bond acceptors (Lipinski definition) is 3. The normalized spacial score (nSPS) is 14.6. The van der Waals surface area contributed by atoms with Gasteiger partial charge in [-0.3, -0.25) is 4.79 Å². The summed E-state index contributed by atoms with van der Waals surface area (Å²) in [5.74, 6) is 0.992. The smallest absolute Gasteiger partial charge is 0.319 e. The molecule has 1 fully saturated rings. The number of ether oxygens (including phenoxy) is 1. The van der Waals surface area contributed by atoms with Gasteiger partial charge in [-0.1, -0.05) is 18.2 Å². The van der Waals surface area contributed by atoms with Crippen LogP contribution >= 0.6 is 0 Å². The van der Waals surface area contributed by atoms with E-state index in [1.807, 2.05) is 55.7 Å². The van der Waals surface area contributed by atoms with Gasteiger partial charge in [-0.05, 0) is 58.1 Å². The van der Waals surface area contributed by atoms with Gasteiger partial charge in [0.15, 0.2) is 0 Å². The van der Waals surface area contributed by atoms with E-state index in [4.69, 9.17) is 4.74 Å². The maximum absolute atomic E-state index is 12.4. The molecule has 1 heterocycles. The Kier molecular flexibility index (Phi) is 8.61. The van der Waals surface area contributed by atoms with E-state index in [-0.39, 0.29) is 18.0 Å². The van der Waals surface area contributed by atoms with Crippen molar-refractivity contribution < 1.29 is 14.3 Å². The van der Waals surface area contributed by atoms with Crippen molar-refractivity contribution in [1.82, 2.24) is 15.1 Å². The molecule has 0 spiro atoms. The van der Waals surface area contributed by atoms with Crippen LogP contribution in [-0.4, -0.2) is 60.6 Å². The minimum absolute atomic E-state index is 0.0682. The van der Waals surface area contributed by atoms with E-state index >= 15 is 0 Å². The van der Waals surface area contributed by atoms with Crippen LogP contribution in [0.2, 0.25) is 0 Å². The number of rotatable bonds is 8. The van der Waals surface area contributed by atoms with E-state index in [0.29, 0.717) is 32.5 Å². The third-order valence-electron chi connectivity index (χ3n) is 5.37. The average molecular weight is 390 g/mol. The summed E-state index contributed by atoms with van der Waals surface area (Å²) >= 11 is 0. The molecule has 1 saturated heterocycles. The minimum Gasteiger partial charge on any atom is -0.493 e. The van der Waals surface area contributed by atoms with Gasteiger partial charge in [0.05, 0.1) is 6.61 Å². The summed E-state index contributed by atoms with van der Waals surface area (Å²) in [6.45, 7) is 11.5. The number of likely N-dealkylation sites (tertiary alicyclic amines) is 1. The third kappa shape index (κ3) is 6.14. The fourth-order valence-electron chi connectivity index (χ4n) is 3.64. The predicted octanol–water partition coefficient (Wildman–Crippen LogP) is 3.50. The van der Waals surface area contributed by atoms with Gasteiger partial charge in [-0.25, -0.2) is 4.79 Å². The van der Waals surface area contributed by atoms with Crippen LogP contribution < -0.4 is 10.1 Å². The zero-order chi connectivity index (χ0) is 20.5. The number of piperidine rings is 1. The standard InChI is InChI=1S/C22H35N3O3/c1-5-24(6-2)22(27)25-14-12-19(13-15-25)23-20(26)11-8-16-28-21-17(3)9-7-10-18(21)4/h7,9-10,19H,5-6,8,11-16H2,1-4H3,(H,23,26). The van der Waals surface area contributed by atoms with Gasteiger partial charge in [-0.2, -0.15) is 0 Å². The quantitative estimate of drug-likeness (QED) is 0.692. The highest BCUT2D eigenvalue weighted by atomic mass is 16.5. The first-order valence-electron chi connectivity index (χ1n) is 10.5. The number of nitrogens with zero attached hydrogens (tertiary/aromatic N) is 2. The van der Waals surface area contributed by atoms with Crippen molar-refractivity contribution in [2.75, 3.05) is 32.8 Å². The topological polar surface area (TPSA) is 61.9 Å². The Morgan fingerprint density at radius 1 is 1.14 bits per heavy atom. The van der Waals surface area contributed by atoms with Crippen LogP contribution in [0.1, 0.15) is 50.7 Å². The van der Waals surface area contributed by atoms with Crippen molar-refractivity contribution in [2.45, 2.75) is 59.4 Å². The van der Waals surface area contributed by atoms with Crippen molar-refractivity contribution in [3.05, 3.63) is 29.3 Å². The molecule has 1 aliphatic rings. The minimum atomic E-state index is 0.0682. The Balaban J connectivity index is 1.66. The molecule has 0 radical (unpaired) electrons. The van der Waals surface area contributed by atoms with Gasteiger partial charge in [0.25, 0.3) is 0 Å². The lowest BCUT2D eigenvalue weighted by Crippen LogP contribution is -2.50. The number of amides is 3. The Labute approximate surface area is 169 Å². The van der Waals surface area contributed by atoms with E-state index in [1.54, 1.807) is 0 Å². The molecule has 1 aliphatic heterocycles. The summed E-state index contributed by atoms with van der Waals surface area (Å²) in [5, 5.41) is 3.11. The number of nitrogens with one attached hydrogen (secondary N) is 1. The van der Waals surface area contributed by atoms with Crippen LogP contribution in [0.4, 0.5) is 4.79 Å². The highest BCUT2D eigenvalue weighted by molar-refractivity contribution is 5.76. The van der Waals surface area contributed by atoms with Crippen molar-refractivity contribution in [1.29, 1.82) is 0 Å². The van der Waals surface area contributed by atoms with E-state index in [2.05, 4.69) is 5.32 Å². The molecular weight excluding hydrogens is 354 g/mol. The second kappa shape index (κ2) is 10.9. The number of carbonyl (C=O) groups excluding carboxylic acids is 2. The summed E-state index contributed by atoms with van der Waals surface area (Å²) in [4.78, 5) is 28.3. The zero-order valence-corrected chi connectivity index (χ0v) is 17.8. The van der Waals surface area contributed by atoms with Crippen LogP contribution in [0.5, 0.6) is 5.75 Å². The first kappa shape index (κ1) is 22.1. The molecule has 0 aromatic heterocycles. The Hall–Kier alpha value is -2.24. The fraction of sp³-hybridized carbons (Fsp3) is 0.636. The predicted molar refractivity (Wildman–Crippen MR) is 112 cm³/mol. The molecule has 1 N–H and O–H groups in total. The molecular formula is C22H35N3O3. The molecule has 1 aromatic carbocycles. The van der Waals surface area contributed by atoms with E-state index in [1.165, 1.54) is 0 Å². The van der Waals surface area contributed by atoms with Gasteiger partial charge in [0.2, 0.25) is 5.91 Å². The molecule has 3 amide bonds. The number of benzene rings is 1. The number of para-hydroxylation sites is 1. The van der Waals surface area contributed by atoms with Gasteiger partial charge in [-0.15, -0.1) is 0 Å². The zero-order valence-electron chi connectivity index (χ0n) is 17.8. The maximum atomic E-state index is 12.4. The molecule has 0 saturated carbocycles. The van der Waals surface area contributed by atoms with Crippen molar-refractivity contribution in [3.8, 4) is 5.75 Å². The number of aryl methyl sites for hydroxylation is 2. The van der Waals surface area contributed by atoms with Crippen molar-refractivity contribution in [3.63, 3.8) is 0 Å². The third-order valence-corrected chi connectivity index (χ3v) is 5.37. The van der Waals surface area contributed by atoms with Crippen LogP contribution in [0.3, 0.4) is 0 Å². The molecule has 1 aromatic rings. The fourth-order valence-corrected chi connectivity index (χ4v) is 3.64. The highest BCUT2D eigenvalue weighted by Crippen LogP contribution is 2.22. The summed E-state index contributed by atoms with van der Waals surface area (Å²) in [5.41, 5.74) is 2.24. The molecule has 0 atom stereocenters. The maximum Gasteiger partial charge on any atom is 0.319 e. The Morgan fingerprint density at radius 3 is 2.32 bits per heavy atom.